The first-order chi connectivity index (χ1) is 11.2. The first kappa shape index (κ1) is 21.8. The van der Waals surface area contributed by atoms with E-state index in [9.17, 15) is 26.4 Å². The summed E-state index contributed by atoms with van der Waals surface area (Å²) in [5, 5.41) is 0. The van der Waals surface area contributed by atoms with Crippen molar-refractivity contribution in [3.05, 3.63) is 0 Å². The average Bonchev–Trinajstić information content (AvgIpc) is 2.46. The van der Waals surface area contributed by atoms with Crippen molar-refractivity contribution in [1.29, 1.82) is 0 Å². The van der Waals surface area contributed by atoms with Crippen molar-refractivity contribution in [3.63, 3.8) is 0 Å². The molecule has 9 heteroatoms. The van der Waals surface area contributed by atoms with Crippen molar-refractivity contribution >= 4 is 27.1 Å². The minimum atomic E-state index is -5.66. The predicted octanol–water partition coefficient (Wildman–Crippen LogP) is 4.12. The summed E-state index contributed by atoms with van der Waals surface area (Å²) in [6.07, 6.45) is 7.48. The second kappa shape index (κ2) is 10.0. The molecule has 0 heterocycles. The molecule has 24 heavy (non-hydrogen) atoms. The molecule has 142 valence electrons. The lowest BCUT2D eigenvalue weighted by atomic mass is 9.91. The lowest BCUT2D eigenvalue weighted by molar-refractivity contribution is -0.116. The van der Waals surface area contributed by atoms with E-state index in [-0.39, 0.29) is 29.6 Å². The molecule has 1 aliphatic carbocycles. The van der Waals surface area contributed by atoms with Crippen LogP contribution in [0.5, 0.6) is 0 Å². The Morgan fingerprint density at radius 2 is 1.79 bits per heavy atom. The fourth-order valence-electron chi connectivity index (χ4n) is 2.72. The van der Waals surface area contributed by atoms with Crippen molar-refractivity contribution in [2.45, 2.75) is 70.2 Å². The van der Waals surface area contributed by atoms with Gasteiger partial charge in [-0.05, 0) is 22.9 Å². The molecule has 0 spiro atoms. The molecule has 1 fully saturated rings. The Kier molecular flexibility index (Phi) is 9.08. The maximum atomic E-state index is 12.6. The Balaban J connectivity index is 2.69. The molecule has 0 aliphatic heterocycles. The molecule has 0 N–H and O–H groups in total. The number of unbranched alkanes of at least 4 members (excludes halogenated alkanes) is 2. The van der Waals surface area contributed by atoms with E-state index in [0.717, 1.165) is 44.9 Å². The van der Waals surface area contributed by atoms with Crippen molar-refractivity contribution in [2.75, 3.05) is 11.5 Å². The van der Waals surface area contributed by atoms with Gasteiger partial charge in [-0.15, -0.1) is 0 Å². The molecule has 1 unspecified atom stereocenters. The number of carbonyl (C=O) groups excluding carboxylic acids is 1. The van der Waals surface area contributed by atoms with Gasteiger partial charge in [0, 0.05) is 12.3 Å². The van der Waals surface area contributed by atoms with Crippen LogP contribution in [0.4, 0.5) is 13.2 Å². The van der Waals surface area contributed by atoms with Gasteiger partial charge in [-0.2, -0.15) is 21.6 Å². The quantitative estimate of drug-likeness (QED) is 0.319. The number of rotatable bonds is 10. The first-order valence-electron chi connectivity index (χ1n) is 8.36. The normalized spacial score (nSPS) is 18.5. The van der Waals surface area contributed by atoms with Crippen LogP contribution in [0, 0.1) is 5.92 Å². The highest BCUT2D eigenvalue weighted by Gasteiger charge is 2.53. The molecule has 1 aliphatic rings. The van der Waals surface area contributed by atoms with E-state index >= 15 is 0 Å². The van der Waals surface area contributed by atoms with E-state index in [1.54, 1.807) is 0 Å². The Morgan fingerprint density at radius 3 is 2.33 bits per heavy atom. The molecule has 1 atom stereocenters. The van der Waals surface area contributed by atoms with Crippen molar-refractivity contribution in [1.82, 2.24) is 0 Å². The third kappa shape index (κ3) is 7.74. The van der Waals surface area contributed by atoms with Crippen LogP contribution < -0.4 is 0 Å². The second-order valence-corrected chi connectivity index (χ2v) is 9.64. The van der Waals surface area contributed by atoms with Gasteiger partial charge in [0.1, 0.15) is 5.75 Å². The van der Waals surface area contributed by atoms with Crippen LogP contribution >= 0.6 is 0 Å². The van der Waals surface area contributed by atoms with Crippen LogP contribution in [-0.4, -0.2) is 31.2 Å². The van der Waals surface area contributed by atoms with Crippen LogP contribution in [0.1, 0.15) is 64.7 Å². The van der Waals surface area contributed by atoms with Crippen LogP contribution in [0.15, 0.2) is 0 Å². The molecule has 4 nitrogen and oxygen atoms in total. The zero-order valence-corrected chi connectivity index (χ0v) is 15.6. The highest BCUT2D eigenvalue weighted by atomic mass is 32.3. The summed E-state index contributed by atoms with van der Waals surface area (Å²) in [5.74, 6) is -0.112. The Hall–Kier alpha value is -0.280. The molecular weight excluding hydrogens is 365 g/mol. The van der Waals surface area contributed by atoms with E-state index in [2.05, 4.69) is 3.63 Å². The standard InChI is InChI=1S/C15H26F3O4S2/c1-2-3-5-10-14(19)12-23(11-13-8-6-4-7-9-13)22-24(20,21)15(16,17)18/h13H,2-12H2,1H3/q+1. The van der Waals surface area contributed by atoms with Crippen LogP contribution in [0.25, 0.3) is 0 Å². The van der Waals surface area contributed by atoms with Gasteiger partial charge in [0.25, 0.3) is 0 Å². The van der Waals surface area contributed by atoms with Gasteiger partial charge in [0.15, 0.2) is 17.0 Å². The molecule has 0 aromatic heterocycles. The SMILES string of the molecule is CCCCCC(=O)C[S+](CC1CCCCC1)OS(=O)(=O)C(F)(F)F. The smallest absolute Gasteiger partial charge is 0.294 e. The van der Waals surface area contributed by atoms with Crippen LogP contribution in [0.3, 0.4) is 0 Å². The van der Waals surface area contributed by atoms with Gasteiger partial charge >= 0.3 is 15.6 Å². The van der Waals surface area contributed by atoms with E-state index in [1.165, 1.54) is 0 Å². The molecule has 1 saturated carbocycles. The number of halogens is 3. The van der Waals surface area contributed by atoms with Gasteiger partial charge < -0.3 is 0 Å². The summed E-state index contributed by atoms with van der Waals surface area (Å²) in [6, 6.07) is 0. The molecule has 0 saturated heterocycles. The van der Waals surface area contributed by atoms with Gasteiger partial charge in [-0.3, -0.25) is 4.79 Å². The summed E-state index contributed by atoms with van der Waals surface area (Å²) in [4.78, 5) is 12.0. The first-order valence-corrected chi connectivity index (χ1v) is 11.3. The highest BCUT2D eigenvalue weighted by molar-refractivity contribution is 8.03. The van der Waals surface area contributed by atoms with Gasteiger partial charge in [-0.1, -0.05) is 39.0 Å². The lowest BCUT2D eigenvalue weighted by Gasteiger charge is -2.20. The molecule has 0 aromatic carbocycles. The zero-order chi connectivity index (χ0) is 18.2. The molecule has 0 amide bonds. The third-order valence-corrected chi connectivity index (χ3v) is 7.54. The maximum Gasteiger partial charge on any atom is 0.527 e. The minimum absolute atomic E-state index is 0.133. The Morgan fingerprint density at radius 1 is 1.17 bits per heavy atom. The van der Waals surface area contributed by atoms with Crippen molar-refractivity contribution in [2.24, 2.45) is 5.92 Å². The average molecular weight is 391 g/mol. The zero-order valence-electron chi connectivity index (χ0n) is 13.9. The molecule has 0 bridgehead atoms. The topological polar surface area (TPSA) is 60.4 Å². The van der Waals surface area contributed by atoms with E-state index in [0.29, 0.717) is 6.42 Å². The summed E-state index contributed by atoms with van der Waals surface area (Å²) in [5.41, 5.74) is -5.45. The fourth-order valence-corrected chi connectivity index (χ4v) is 5.93. The highest BCUT2D eigenvalue weighted by Crippen LogP contribution is 2.30. The maximum absolute atomic E-state index is 12.6. The summed E-state index contributed by atoms with van der Waals surface area (Å²) >= 11 is -1.53. The summed E-state index contributed by atoms with van der Waals surface area (Å²) in [7, 11) is -5.66. The predicted molar refractivity (Wildman–Crippen MR) is 88.9 cm³/mol. The van der Waals surface area contributed by atoms with Gasteiger partial charge in [-0.25, -0.2) is 0 Å². The number of ketones is 1. The fraction of sp³-hybridized carbons (Fsp3) is 0.933. The second-order valence-electron chi connectivity index (χ2n) is 6.22. The monoisotopic (exact) mass is 391 g/mol. The van der Waals surface area contributed by atoms with Crippen molar-refractivity contribution < 1.29 is 30.0 Å². The number of alkyl halides is 3. The Labute approximate surface area is 145 Å². The van der Waals surface area contributed by atoms with Crippen LogP contribution in [0.2, 0.25) is 0 Å². The van der Waals surface area contributed by atoms with E-state index in [4.69, 9.17) is 0 Å². The lowest BCUT2D eigenvalue weighted by Crippen LogP contribution is -2.34. The number of Topliss-reactive ketones (excluding diaryl/α,β-unsaturated/α-hetero) is 1. The van der Waals surface area contributed by atoms with Crippen molar-refractivity contribution in [3.8, 4) is 0 Å². The number of hydrogen-bond acceptors (Lipinski definition) is 4. The van der Waals surface area contributed by atoms with Gasteiger partial charge in [0.2, 0.25) is 5.75 Å². The molecule has 0 aromatic rings. The molecule has 1 rings (SSSR count). The summed E-state index contributed by atoms with van der Waals surface area (Å²) < 4.78 is 64.7. The minimum Gasteiger partial charge on any atom is -0.294 e. The molecular formula is C15H26F3O4S2+. The summed E-state index contributed by atoms with van der Waals surface area (Å²) in [6.45, 7) is 1.98. The number of carbonyl (C=O) groups is 1. The largest absolute Gasteiger partial charge is 0.527 e. The van der Waals surface area contributed by atoms with Gasteiger partial charge in [0.05, 0.1) is 0 Å². The van der Waals surface area contributed by atoms with E-state index < -0.39 is 26.8 Å². The Bertz CT molecular complexity index is 485. The third-order valence-electron chi connectivity index (χ3n) is 4.00. The number of hydrogen-bond donors (Lipinski definition) is 0. The van der Waals surface area contributed by atoms with Crippen LogP contribution in [-0.2, 0) is 29.7 Å². The van der Waals surface area contributed by atoms with E-state index in [1.807, 2.05) is 6.92 Å². The molecule has 0 radical (unpaired) electrons.